The third-order valence-corrected chi connectivity index (χ3v) is 5.64. The fourth-order valence-corrected chi connectivity index (χ4v) is 4.06. The van der Waals surface area contributed by atoms with E-state index in [9.17, 15) is 10.1 Å². The minimum Gasteiger partial charge on any atom is -0.326 e. The summed E-state index contributed by atoms with van der Waals surface area (Å²) in [5, 5.41) is 12.4. The molecule has 0 bridgehead atoms. The van der Waals surface area contributed by atoms with E-state index >= 15 is 0 Å². The van der Waals surface area contributed by atoms with Crippen molar-refractivity contribution in [3.63, 3.8) is 0 Å². The highest BCUT2D eigenvalue weighted by Gasteiger charge is 2.25. The number of nitrogens with zero attached hydrogens (tertiary/aromatic N) is 2. The van der Waals surface area contributed by atoms with Crippen molar-refractivity contribution in [1.82, 2.24) is 4.90 Å². The number of nitrogens with one attached hydrogen (secondary N) is 1. The molecule has 4 nitrogen and oxygen atoms in total. The van der Waals surface area contributed by atoms with Crippen LogP contribution in [0.4, 0.5) is 5.69 Å². The lowest BCUT2D eigenvalue weighted by Gasteiger charge is -2.32. The summed E-state index contributed by atoms with van der Waals surface area (Å²) in [6.07, 6.45) is 1.96. The van der Waals surface area contributed by atoms with E-state index in [4.69, 9.17) is 0 Å². The summed E-state index contributed by atoms with van der Waals surface area (Å²) in [5.74, 6) is 0.120. The first-order chi connectivity index (χ1) is 14.7. The van der Waals surface area contributed by atoms with Gasteiger partial charge in [0.2, 0.25) is 5.91 Å². The van der Waals surface area contributed by atoms with Crippen molar-refractivity contribution in [3.05, 3.63) is 90.0 Å². The average molecular weight is 396 g/mol. The van der Waals surface area contributed by atoms with E-state index in [0.29, 0.717) is 5.56 Å². The molecule has 1 aliphatic heterocycles. The molecule has 1 saturated heterocycles. The fourth-order valence-electron chi connectivity index (χ4n) is 4.06. The smallest absolute Gasteiger partial charge is 0.228 e. The van der Waals surface area contributed by atoms with Crippen LogP contribution in [-0.2, 0) is 11.3 Å². The molecular formula is C26H25N3O. The maximum atomic E-state index is 12.7. The Morgan fingerprint density at radius 1 is 1.00 bits per heavy atom. The second-order valence-electron chi connectivity index (χ2n) is 7.78. The van der Waals surface area contributed by atoms with Crippen LogP contribution < -0.4 is 5.32 Å². The molecule has 3 aromatic rings. The van der Waals surface area contributed by atoms with Gasteiger partial charge in [-0.1, -0.05) is 60.7 Å². The largest absolute Gasteiger partial charge is 0.326 e. The van der Waals surface area contributed by atoms with Crippen LogP contribution in [0.25, 0.3) is 11.1 Å². The van der Waals surface area contributed by atoms with Crippen LogP contribution in [0, 0.1) is 17.2 Å². The Morgan fingerprint density at radius 3 is 2.50 bits per heavy atom. The van der Waals surface area contributed by atoms with E-state index < -0.39 is 0 Å². The number of benzene rings is 3. The molecule has 30 heavy (non-hydrogen) atoms. The number of likely N-dealkylation sites (tertiary alicyclic amines) is 1. The molecule has 0 spiro atoms. The quantitative estimate of drug-likeness (QED) is 0.656. The first kappa shape index (κ1) is 19.9. The van der Waals surface area contributed by atoms with E-state index in [1.807, 2.05) is 54.6 Å². The van der Waals surface area contributed by atoms with Crippen molar-refractivity contribution in [2.75, 3.05) is 18.4 Å². The number of carbonyl (C=O) groups is 1. The summed E-state index contributed by atoms with van der Waals surface area (Å²) in [5.41, 5.74) is 4.77. The molecule has 1 heterocycles. The molecule has 1 aliphatic rings. The lowest BCUT2D eigenvalue weighted by Crippen LogP contribution is -2.40. The molecule has 0 aromatic heterocycles. The van der Waals surface area contributed by atoms with Gasteiger partial charge in [-0.15, -0.1) is 0 Å². The van der Waals surface area contributed by atoms with Gasteiger partial charge >= 0.3 is 0 Å². The van der Waals surface area contributed by atoms with Crippen LogP contribution in [0.15, 0.2) is 78.9 Å². The van der Waals surface area contributed by atoms with E-state index in [2.05, 4.69) is 40.6 Å². The Hall–Kier alpha value is -3.42. The summed E-state index contributed by atoms with van der Waals surface area (Å²) in [6.45, 7) is 2.61. The average Bonchev–Trinajstić information content (AvgIpc) is 2.80. The number of amides is 1. The van der Waals surface area contributed by atoms with Gasteiger partial charge in [0.15, 0.2) is 0 Å². The Bertz CT molecular complexity index is 1040. The van der Waals surface area contributed by atoms with E-state index in [1.165, 1.54) is 5.56 Å². The van der Waals surface area contributed by atoms with Gasteiger partial charge < -0.3 is 5.32 Å². The van der Waals surface area contributed by atoms with Gasteiger partial charge in [0.25, 0.3) is 0 Å². The maximum Gasteiger partial charge on any atom is 0.228 e. The molecule has 3 aromatic carbocycles. The normalized spacial score (nSPS) is 16.6. The third kappa shape index (κ3) is 4.76. The van der Waals surface area contributed by atoms with Crippen molar-refractivity contribution < 1.29 is 4.79 Å². The van der Waals surface area contributed by atoms with Gasteiger partial charge in [0, 0.05) is 18.8 Å². The zero-order valence-corrected chi connectivity index (χ0v) is 16.9. The second kappa shape index (κ2) is 9.39. The van der Waals surface area contributed by atoms with Gasteiger partial charge in [-0.25, -0.2) is 0 Å². The highest BCUT2D eigenvalue weighted by molar-refractivity contribution is 5.92. The number of hydrogen-bond donors (Lipinski definition) is 1. The molecule has 150 valence electrons. The predicted octanol–water partition coefficient (Wildman–Crippen LogP) is 5.08. The number of rotatable bonds is 5. The van der Waals surface area contributed by atoms with Crippen molar-refractivity contribution in [2.24, 2.45) is 5.92 Å². The summed E-state index contributed by atoms with van der Waals surface area (Å²) < 4.78 is 0. The molecule has 1 amide bonds. The number of hydrogen-bond acceptors (Lipinski definition) is 3. The summed E-state index contributed by atoms with van der Waals surface area (Å²) in [6, 6.07) is 28.0. The molecule has 4 rings (SSSR count). The highest BCUT2D eigenvalue weighted by atomic mass is 16.1. The Balaban J connectivity index is 1.38. The molecule has 1 N–H and O–H groups in total. The number of anilines is 1. The SMILES string of the molecule is N#Cc1ccccc1-c1ccc(CN2CCCC(C(=O)Nc3ccccc3)C2)cc1. The van der Waals surface area contributed by atoms with Crippen molar-refractivity contribution in [3.8, 4) is 17.2 Å². The summed E-state index contributed by atoms with van der Waals surface area (Å²) in [7, 11) is 0. The van der Waals surface area contributed by atoms with Crippen LogP contribution >= 0.6 is 0 Å². The first-order valence-electron chi connectivity index (χ1n) is 10.4. The van der Waals surface area contributed by atoms with E-state index in [0.717, 1.165) is 49.3 Å². The Labute approximate surface area is 177 Å². The topological polar surface area (TPSA) is 56.1 Å². The zero-order valence-electron chi connectivity index (χ0n) is 16.9. The minimum absolute atomic E-state index is 0.0146. The van der Waals surface area contributed by atoms with Crippen molar-refractivity contribution in [1.29, 1.82) is 5.26 Å². The number of para-hydroxylation sites is 1. The first-order valence-corrected chi connectivity index (χ1v) is 10.4. The molecule has 0 aliphatic carbocycles. The molecule has 1 fully saturated rings. The van der Waals surface area contributed by atoms with E-state index in [-0.39, 0.29) is 11.8 Å². The van der Waals surface area contributed by atoms with Gasteiger partial charge in [-0.3, -0.25) is 9.69 Å². The molecule has 0 saturated carbocycles. The Kier molecular flexibility index (Phi) is 6.22. The minimum atomic E-state index is 0.0146. The van der Waals surface area contributed by atoms with Gasteiger partial charge in [0.05, 0.1) is 17.6 Å². The summed E-state index contributed by atoms with van der Waals surface area (Å²) in [4.78, 5) is 15.0. The monoisotopic (exact) mass is 395 g/mol. The lowest BCUT2D eigenvalue weighted by molar-refractivity contribution is -0.121. The summed E-state index contributed by atoms with van der Waals surface area (Å²) >= 11 is 0. The predicted molar refractivity (Wildman–Crippen MR) is 120 cm³/mol. The molecule has 4 heteroatoms. The zero-order chi connectivity index (χ0) is 20.8. The third-order valence-electron chi connectivity index (χ3n) is 5.64. The van der Waals surface area contributed by atoms with Crippen LogP contribution in [0.3, 0.4) is 0 Å². The Morgan fingerprint density at radius 2 is 1.73 bits per heavy atom. The van der Waals surface area contributed by atoms with Crippen LogP contribution in [0.5, 0.6) is 0 Å². The standard InChI is InChI=1S/C26H25N3O/c27-17-22-7-4-5-11-25(22)21-14-12-20(13-15-21)18-29-16-6-8-23(19-29)26(30)28-24-9-2-1-3-10-24/h1-5,7,9-15,23H,6,8,16,18-19H2,(H,28,30). The lowest BCUT2D eigenvalue weighted by atomic mass is 9.96. The fraction of sp³-hybridized carbons (Fsp3) is 0.231. The van der Waals surface area contributed by atoms with Crippen LogP contribution in [0.2, 0.25) is 0 Å². The van der Waals surface area contributed by atoms with Crippen LogP contribution in [0.1, 0.15) is 24.0 Å². The number of piperidine rings is 1. The van der Waals surface area contributed by atoms with Gasteiger partial charge in [-0.05, 0) is 54.3 Å². The molecule has 1 unspecified atom stereocenters. The molecule has 0 radical (unpaired) electrons. The van der Waals surface area contributed by atoms with Crippen LogP contribution in [-0.4, -0.2) is 23.9 Å². The number of carbonyl (C=O) groups excluding carboxylic acids is 1. The maximum absolute atomic E-state index is 12.7. The second-order valence-corrected chi connectivity index (χ2v) is 7.78. The van der Waals surface area contributed by atoms with Gasteiger partial charge in [0.1, 0.15) is 0 Å². The van der Waals surface area contributed by atoms with Crippen molar-refractivity contribution in [2.45, 2.75) is 19.4 Å². The van der Waals surface area contributed by atoms with Gasteiger partial charge in [-0.2, -0.15) is 5.26 Å². The van der Waals surface area contributed by atoms with Crippen molar-refractivity contribution >= 4 is 11.6 Å². The van der Waals surface area contributed by atoms with E-state index in [1.54, 1.807) is 0 Å². The molecule has 1 atom stereocenters. The number of nitriles is 1. The highest BCUT2D eigenvalue weighted by Crippen LogP contribution is 2.25. The molecular weight excluding hydrogens is 370 g/mol.